The number of aromatic nitrogens is 2. The van der Waals surface area contributed by atoms with Crippen LogP contribution in [0.5, 0.6) is 0 Å². The predicted octanol–water partition coefficient (Wildman–Crippen LogP) is 6.07. The highest BCUT2D eigenvalue weighted by atomic mass is 16.5. The molecule has 180 valence electrons. The summed E-state index contributed by atoms with van der Waals surface area (Å²) in [5.41, 5.74) is 6.43. The zero-order valence-corrected chi connectivity index (χ0v) is 20.8. The molecule has 0 bridgehead atoms. The number of benzene rings is 2. The number of ether oxygens (including phenoxy) is 1. The third-order valence-electron chi connectivity index (χ3n) is 6.82. The van der Waals surface area contributed by atoms with E-state index in [0.29, 0.717) is 6.61 Å². The molecular weight excluding hydrogens is 434 g/mol. The molecule has 1 aliphatic heterocycles. The molecule has 4 aromatic rings. The fourth-order valence-electron chi connectivity index (χ4n) is 4.99. The number of H-pyrrole nitrogens is 1. The van der Waals surface area contributed by atoms with Crippen LogP contribution in [0.1, 0.15) is 44.9 Å². The number of nitrogens with zero attached hydrogens (tertiary/aromatic N) is 2. The molecule has 1 aliphatic rings. The molecule has 3 heterocycles. The van der Waals surface area contributed by atoms with Gasteiger partial charge in [0, 0.05) is 42.0 Å². The minimum Gasteiger partial charge on any atom is -0.372 e. The van der Waals surface area contributed by atoms with E-state index in [0.717, 1.165) is 53.7 Å². The number of rotatable bonds is 5. The number of piperidine rings is 1. The van der Waals surface area contributed by atoms with Crippen LogP contribution in [0.3, 0.4) is 0 Å². The fourth-order valence-corrected chi connectivity index (χ4v) is 4.99. The highest BCUT2D eigenvalue weighted by Gasteiger charge is 2.26. The van der Waals surface area contributed by atoms with Crippen molar-refractivity contribution in [2.75, 3.05) is 18.0 Å². The molecule has 0 unspecified atom stereocenters. The molecule has 5 nitrogen and oxygen atoms in total. The van der Waals surface area contributed by atoms with Gasteiger partial charge < -0.3 is 14.6 Å². The first-order valence-electron chi connectivity index (χ1n) is 12.4. The third-order valence-corrected chi connectivity index (χ3v) is 6.82. The van der Waals surface area contributed by atoms with Crippen LogP contribution < -0.4 is 10.5 Å². The second-order valence-corrected chi connectivity index (χ2v) is 10.4. The first-order chi connectivity index (χ1) is 16.9. The van der Waals surface area contributed by atoms with E-state index in [1.54, 1.807) is 12.3 Å². The van der Waals surface area contributed by atoms with Crippen molar-refractivity contribution >= 4 is 16.6 Å². The van der Waals surface area contributed by atoms with Crippen LogP contribution >= 0.6 is 0 Å². The molecule has 0 spiro atoms. The van der Waals surface area contributed by atoms with E-state index in [-0.39, 0.29) is 17.1 Å². The second-order valence-electron chi connectivity index (χ2n) is 10.4. The first kappa shape index (κ1) is 23.3. The van der Waals surface area contributed by atoms with E-state index in [1.165, 1.54) is 11.3 Å². The van der Waals surface area contributed by atoms with Gasteiger partial charge in [-0.05, 0) is 53.6 Å². The highest BCUT2D eigenvalue weighted by molar-refractivity contribution is 5.82. The molecule has 35 heavy (non-hydrogen) atoms. The number of hydrogen-bond acceptors (Lipinski definition) is 4. The highest BCUT2D eigenvalue weighted by Crippen LogP contribution is 2.40. The van der Waals surface area contributed by atoms with Crippen LogP contribution in [0.4, 0.5) is 5.69 Å². The van der Waals surface area contributed by atoms with Crippen molar-refractivity contribution in [3.8, 4) is 11.1 Å². The molecule has 0 radical (unpaired) electrons. The summed E-state index contributed by atoms with van der Waals surface area (Å²) in [7, 11) is 0. The summed E-state index contributed by atoms with van der Waals surface area (Å²) < 4.78 is 6.28. The monoisotopic (exact) mass is 467 g/mol. The minimum atomic E-state index is -0.0772. The standard InChI is InChI=1S/C30H33N3O2/c1-30(2,3)25-8-6-10-27(29(25)22-13-16-31-28(34)19-22)33-17-14-24(15-18-33)35-20-23-12-11-21-7-4-5-9-26(21)32-23/h4-13,16,19,24H,14-15,17-18,20H2,1-3H3,(H,31,34). The van der Waals surface area contributed by atoms with Gasteiger partial charge in [0.15, 0.2) is 0 Å². The largest absolute Gasteiger partial charge is 0.372 e. The third kappa shape index (κ3) is 5.15. The number of aromatic amines is 1. The average Bonchev–Trinajstić information content (AvgIpc) is 2.87. The van der Waals surface area contributed by atoms with Crippen molar-refractivity contribution in [3.05, 3.63) is 94.5 Å². The SMILES string of the molecule is CC(C)(C)c1cccc(N2CCC(OCc3ccc4ccccc4n3)CC2)c1-c1cc[nH]c(=O)c1. The second kappa shape index (κ2) is 9.67. The van der Waals surface area contributed by atoms with E-state index in [9.17, 15) is 4.79 Å². The van der Waals surface area contributed by atoms with Gasteiger partial charge in [-0.3, -0.25) is 9.78 Å². The van der Waals surface area contributed by atoms with Crippen molar-refractivity contribution in [3.63, 3.8) is 0 Å². The van der Waals surface area contributed by atoms with Gasteiger partial charge in [-0.25, -0.2) is 0 Å². The van der Waals surface area contributed by atoms with Crippen molar-refractivity contribution < 1.29 is 4.74 Å². The van der Waals surface area contributed by atoms with Gasteiger partial charge in [-0.15, -0.1) is 0 Å². The van der Waals surface area contributed by atoms with E-state index in [2.05, 4.69) is 67.1 Å². The van der Waals surface area contributed by atoms with Gasteiger partial charge in [-0.2, -0.15) is 0 Å². The molecular formula is C30H33N3O2. The van der Waals surface area contributed by atoms with Crippen LogP contribution in [0.25, 0.3) is 22.0 Å². The summed E-state index contributed by atoms with van der Waals surface area (Å²) in [6, 6.07) is 22.6. The van der Waals surface area contributed by atoms with Crippen LogP contribution in [0, 0.1) is 0 Å². The summed E-state index contributed by atoms with van der Waals surface area (Å²) in [6.45, 7) is 9.04. The Labute approximate surface area is 206 Å². The van der Waals surface area contributed by atoms with Gasteiger partial charge in [0.1, 0.15) is 0 Å². The molecule has 0 aliphatic carbocycles. The summed E-state index contributed by atoms with van der Waals surface area (Å²) in [4.78, 5) is 22.1. The van der Waals surface area contributed by atoms with Crippen LogP contribution in [-0.4, -0.2) is 29.2 Å². The van der Waals surface area contributed by atoms with E-state index in [4.69, 9.17) is 9.72 Å². The summed E-state index contributed by atoms with van der Waals surface area (Å²) in [6.07, 6.45) is 3.87. The predicted molar refractivity (Wildman–Crippen MR) is 143 cm³/mol. The number of hydrogen-bond donors (Lipinski definition) is 1. The topological polar surface area (TPSA) is 58.2 Å². The number of para-hydroxylation sites is 1. The molecule has 1 fully saturated rings. The Hall–Kier alpha value is -3.44. The average molecular weight is 468 g/mol. The molecule has 2 aromatic heterocycles. The Kier molecular flexibility index (Phi) is 6.44. The van der Waals surface area contributed by atoms with Crippen molar-refractivity contribution in [2.45, 2.75) is 51.7 Å². The Bertz CT molecular complexity index is 1380. The summed E-state index contributed by atoms with van der Waals surface area (Å²) in [5, 5.41) is 1.15. The number of fused-ring (bicyclic) bond motifs is 1. The van der Waals surface area contributed by atoms with Gasteiger partial charge in [0.05, 0.1) is 23.9 Å². The Morgan fingerprint density at radius 1 is 1.00 bits per heavy atom. The summed E-state index contributed by atoms with van der Waals surface area (Å²) in [5.74, 6) is 0. The Balaban J connectivity index is 1.32. The van der Waals surface area contributed by atoms with Gasteiger partial charge in [-0.1, -0.05) is 57.2 Å². The minimum absolute atomic E-state index is 0.0394. The molecule has 0 saturated carbocycles. The molecule has 0 amide bonds. The van der Waals surface area contributed by atoms with Crippen LogP contribution in [0.15, 0.2) is 77.7 Å². The maximum absolute atomic E-state index is 12.1. The summed E-state index contributed by atoms with van der Waals surface area (Å²) >= 11 is 0. The van der Waals surface area contributed by atoms with E-state index >= 15 is 0 Å². The molecule has 1 N–H and O–H groups in total. The van der Waals surface area contributed by atoms with Crippen molar-refractivity contribution in [1.82, 2.24) is 9.97 Å². The number of anilines is 1. The molecule has 5 rings (SSSR count). The first-order valence-corrected chi connectivity index (χ1v) is 12.4. The van der Waals surface area contributed by atoms with Gasteiger partial charge >= 0.3 is 0 Å². The smallest absolute Gasteiger partial charge is 0.248 e. The number of nitrogens with one attached hydrogen (secondary N) is 1. The van der Waals surface area contributed by atoms with E-state index < -0.39 is 0 Å². The Morgan fingerprint density at radius 2 is 1.80 bits per heavy atom. The van der Waals surface area contributed by atoms with E-state index in [1.807, 2.05) is 24.3 Å². The Morgan fingerprint density at radius 3 is 2.57 bits per heavy atom. The molecule has 5 heteroatoms. The molecule has 2 aromatic carbocycles. The lowest BCUT2D eigenvalue weighted by Crippen LogP contribution is -2.37. The van der Waals surface area contributed by atoms with Gasteiger partial charge in [0.2, 0.25) is 5.56 Å². The lowest BCUT2D eigenvalue weighted by atomic mass is 9.81. The zero-order valence-electron chi connectivity index (χ0n) is 20.8. The molecule has 0 atom stereocenters. The van der Waals surface area contributed by atoms with Crippen LogP contribution in [0.2, 0.25) is 0 Å². The van der Waals surface area contributed by atoms with Crippen molar-refractivity contribution in [2.24, 2.45) is 0 Å². The fraction of sp³-hybridized carbons (Fsp3) is 0.333. The lowest BCUT2D eigenvalue weighted by molar-refractivity contribution is 0.0236. The van der Waals surface area contributed by atoms with Crippen LogP contribution in [-0.2, 0) is 16.8 Å². The lowest BCUT2D eigenvalue weighted by Gasteiger charge is -2.36. The quantitative estimate of drug-likeness (QED) is 0.387. The number of pyridine rings is 2. The van der Waals surface area contributed by atoms with Gasteiger partial charge in [0.25, 0.3) is 0 Å². The van der Waals surface area contributed by atoms with Crippen molar-refractivity contribution in [1.29, 1.82) is 0 Å². The molecule has 1 saturated heterocycles. The maximum Gasteiger partial charge on any atom is 0.248 e. The normalized spacial score (nSPS) is 15.0. The zero-order chi connectivity index (χ0) is 24.4. The maximum atomic E-state index is 12.1.